The van der Waals surface area contributed by atoms with Crippen molar-refractivity contribution in [2.45, 2.75) is 6.42 Å². The van der Waals surface area contributed by atoms with E-state index < -0.39 is 5.97 Å². The first-order chi connectivity index (χ1) is 10.1. The Morgan fingerprint density at radius 2 is 2.10 bits per heavy atom. The molecule has 1 aromatic rings. The second kappa shape index (κ2) is 10.4. The monoisotopic (exact) mass is 358 g/mol. The molecular weight excluding hydrogens is 340 g/mol. The summed E-state index contributed by atoms with van der Waals surface area (Å²) in [6.45, 7) is 2.31. The predicted molar refractivity (Wildman–Crippen MR) is 83.6 cm³/mol. The van der Waals surface area contributed by atoms with Gasteiger partial charge in [0.05, 0.1) is 11.1 Å². The van der Waals surface area contributed by atoms with E-state index in [2.05, 4.69) is 15.9 Å². The predicted octanol–water partition coefficient (Wildman–Crippen LogP) is 2.98. The van der Waals surface area contributed by atoms with E-state index in [0.717, 1.165) is 22.5 Å². The zero-order chi connectivity index (χ0) is 15.5. The zero-order valence-corrected chi connectivity index (χ0v) is 13.5. The van der Waals surface area contributed by atoms with Crippen LogP contribution >= 0.6 is 15.9 Å². The van der Waals surface area contributed by atoms with Crippen molar-refractivity contribution in [3.63, 3.8) is 0 Å². The normalized spacial score (nSPS) is 11.0. The molecule has 5 nitrogen and oxygen atoms in total. The largest absolute Gasteiger partial charge is 0.490 e. The molecule has 0 aromatic heterocycles. The van der Waals surface area contributed by atoms with E-state index in [4.69, 9.17) is 19.3 Å². The third kappa shape index (κ3) is 7.84. The Bertz CT molecular complexity index is 473. The van der Waals surface area contributed by atoms with Crippen molar-refractivity contribution in [2.75, 3.05) is 33.5 Å². The molecule has 0 unspecified atom stereocenters. The third-order valence-corrected chi connectivity index (χ3v) is 3.12. The van der Waals surface area contributed by atoms with Crippen LogP contribution in [0.4, 0.5) is 0 Å². The highest BCUT2D eigenvalue weighted by molar-refractivity contribution is 9.10. The van der Waals surface area contributed by atoms with E-state index in [1.807, 2.05) is 0 Å². The van der Waals surface area contributed by atoms with E-state index in [1.165, 1.54) is 6.08 Å². The van der Waals surface area contributed by atoms with E-state index in [-0.39, 0.29) is 0 Å². The van der Waals surface area contributed by atoms with E-state index in [0.29, 0.717) is 32.2 Å². The fraction of sp³-hybridized carbons (Fsp3) is 0.400. The minimum Gasteiger partial charge on any atom is -0.490 e. The molecule has 0 saturated heterocycles. The van der Waals surface area contributed by atoms with E-state index in [1.54, 1.807) is 25.3 Å². The summed E-state index contributed by atoms with van der Waals surface area (Å²) in [5.41, 5.74) is 0.785. The number of hydrogen-bond donors (Lipinski definition) is 1. The fourth-order valence-corrected chi connectivity index (χ4v) is 2.03. The van der Waals surface area contributed by atoms with Crippen molar-refractivity contribution in [1.82, 2.24) is 0 Å². The summed E-state index contributed by atoms with van der Waals surface area (Å²) in [7, 11) is 1.66. The first-order valence-electron chi connectivity index (χ1n) is 6.53. The van der Waals surface area contributed by atoms with Crippen LogP contribution in [-0.2, 0) is 14.3 Å². The Morgan fingerprint density at radius 3 is 2.76 bits per heavy atom. The number of benzene rings is 1. The summed E-state index contributed by atoms with van der Waals surface area (Å²) < 4.78 is 16.7. The molecule has 1 N–H and O–H groups in total. The molecule has 0 fully saturated rings. The molecule has 1 rings (SSSR count). The number of carboxylic acid groups (broad SMARTS) is 1. The SMILES string of the molecule is COCCCOCCOc1ccc(/C=C/C(=O)O)cc1Br. The van der Waals surface area contributed by atoms with Gasteiger partial charge in [-0.2, -0.15) is 0 Å². The second-order valence-electron chi connectivity index (χ2n) is 4.17. The number of carbonyl (C=O) groups is 1. The molecule has 1 aromatic carbocycles. The lowest BCUT2D eigenvalue weighted by Gasteiger charge is -2.09. The molecular formula is C15H19BrO5. The van der Waals surface area contributed by atoms with Crippen LogP contribution in [0, 0.1) is 0 Å². The van der Waals surface area contributed by atoms with Gasteiger partial charge in [-0.3, -0.25) is 0 Å². The van der Waals surface area contributed by atoms with E-state index >= 15 is 0 Å². The maximum atomic E-state index is 10.4. The van der Waals surface area contributed by atoms with Gasteiger partial charge < -0.3 is 19.3 Å². The number of ether oxygens (including phenoxy) is 3. The van der Waals surface area contributed by atoms with Crippen molar-refractivity contribution in [1.29, 1.82) is 0 Å². The third-order valence-electron chi connectivity index (χ3n) is 2.50. The average Bonchev–Trinajstić information content (AvgIpc) is 2.46. The van der Waals surface area contributed by atoms with Crippen molar-refractivity contribution in [2.24, 2.45) is 0 Å². The molecule has 116 valence electrons. The average molecular weight is 359 g/mol. The first-order valence-corrected chi connectivity index (χ1v) is 7.33. The minimum absolute atomic E-state index is 0.454. The van der Waals surface area contributed by atoms with Crippen LogP contribution in [0.3, 0.4) is 0 Å². The van der Waals surface area contributed by atoms with Gasteiger partial charge in [0, 0.05) is 26.4 Å². The Kier molecular flexibility index (Phi) is 8.73. The van der Waals surface area contributed by atoms with Crippen LogP contribution < -0.4 is 4.74 Å². The molecule has 0 atom stereocenters. The van der Waals surface area contributed by atoms with Gasteiger partial charge in [-0.1, -0.05) is 6.07 Å². The van der Waals surface area contributed by atoms with Crippen molar-refractivity contribution < 1.29 is 24.1 Å². The topological polar surface area (TPSA) is 65.0 Å². The van der Waals surface area contributed by atoms with Crippen molar-refractivity contribution in [3.8, 4) is 5.75 Å². The van der Waals surface area contributed by atoms with Gasteiger partial charge in [0.15, 0.2) is 0 Å². The highest BCUT2D eigenvalue weighted by Gasteiger charge is 2.02. The van der Waals surface area contributed by atoms with Gasteiger partial charge in [0.1, 0.15) is 12.4 Å². The maximum Gasteiger partial charge on any atom is 0.328 e. The molecule has 0 bridgehead atoms. The minimum atomic E-state index is -0.975. The molecule has 0 heterocycles. The summed E-state index contributed by atoms with van der Waals surface area (Å²) in [6, 6.07) is 5.38. The van der Waals surface area contributed by atoms with E-state index in [9.17, 15) is 4.79 Å². The Hall–Kier alpha value is -1.37. The number of rotatable bonds is 10. The molecule has 0 spiro atoms. The van der Waals surface area contributed by atoms with Crippen LogP contribution in [0.15, 0.2) is 28.7 Å². The molecule has 6 heteroatoms. The summed E-state index contributed by atoms with van der Waals surface area (Å²) in [4.78, 5) is 10.4. The van der Waals surface area contributed by atoms with Gasteiger partial charge in [-0.05, 0) is 46.1 Å². The summed E-state index contributed by atoms with van der Waals surface area (Å²) in [5, 5.41) is 8.57. The van der Waals surface area contributed by atoms with Crippen LogP contribution in [0.1, 0.15) is 12.0 Å². The summed E-state index contributed by atoms with van der Waals surface area (Å²) >= 11 is 3.39. The Morgan fingerprint density at radius 1 is 1.29 bits per heavy atom. The summed E-state index contributed by atoms with van der Waals surface area (Å²) in [6.07, 6.45) is 3.48. The van der Waals surface area contributed by atoms with Gasteiger partial charge in [-0.25, -0.2) is 4.79 Å². The summed E-state index contributed by atoms with van der Waals surface area (Å²) in [5.74, 6) is -0.278. The van der Waals surface area contributed by atoms with Crippen LogP contribution in [0.2, 0.25) is 0 Å². The second-order valence-corrected chi connectivity index (χ2v) is 5.02. The van der Waals surface area contributed by atoms with Crippen LogP contribution in [0.5, 0.6) is 5.75 Å². The quantitative estimate of drug-likeness (QED) is 0.514. The number of carboxylic acids is 1. The maximum absolute atomic E-state index is 10.4. The van der Waals surface area contributed by atoms with Crippen molar-refractivity contribution in [3.05, 3.63) is 34.3 Å². The number of hydrogen-bond acceptors (Lipinski definition) is 4. The molecule has 0 aliphatic carbocycles. The smallest absolute Gasteiger partial charge is 0.328 e. The van der Waals surface area contributed by atoms with Crippen LogP contribution in [0.25, 0.3) is 6.08 Å². The molecule has 0 saturated carbocycles. The van der Waals surface area contributed by atoms with Gasteiger partial charge >= 0.3 is 5.97 Å². The van der Waals surface area contributed by atoms with Crippen LogP contribution in [-0.4, -0.2) is 44.6 Å². The van der Waals surface area contributed by atoms with Gasteiger partial charge in [-0.15, -0.1) is 0 Å². The molecule has 0 aliphatic rings. The Labute approximate surface area is 132 Å². The number of halogens is 1. The van der Waals surface area contributed by atoms with Gasteiger partial charge in [0.2, 0.25) is 0 Å². The molecule has 0 radical (unpaired) electrons. The number of aliphatic carboxylic acids is 1. The Balaban J connectivity index is 2.34. The first kappa shape index (κ1) is 17.7. The number of methoxy groups -OCH3 is 1. The lowest BCUT2D eigenvalue weighted by molar-refractivity contribution is -0.131. The van der Waals surface area contributed by atoms with Gasteiger partial charge in [0.25, 0.3) is 0 Å². The van der Waals surface area contributed by atoms with Crippen molar-refractivity contribution >= 4 is 28.0 Å². The zero-order valence-electron chi connectivity index (χ0n) is 11.9. The molecule has 21 heavy (non-hydrogen) atoms. The lowest BCUT2D eigenvalue weighted by Crippen LogP contribution is -2.08. The highest BCUT2D eigenvalue weighted by atomic mass is 79.9. The molecule has 0 aliphatic heterocycles. The highest BCUT2D eigenvalue weighted by Crippen LogP contribution is 2.26. The lowest BCUT2D eigenvalue weighted by atomic mass is 10.2. The molecule has 0 amide bonds. The fourth-order valence-electron chi connectivity index (χ4n) is 1.52. The standard InChI is InChI=1S/C15H19BrO5/c1-19-7-2-8-20-9-10-21-14-5-3-12(11-13(14)16)4-6-15(17)18/h3-6,11H,2,7-10H2,1H3,(H,17,18)/b6-4+.